The van der Waals surface area contributed by atoms with Gasteiger partial charge in [-0.25, -0.2) is 4.98 Å². The Balaban J connectivity index is 1.10. The number of hydrogen-bond acceptors (Lipinski definition) is 5. The molecule has 10 aromatic rings. The van der Waals surface area contributed by atoms with Crippen LogP contribution in [-0.4, -0.2) is 35.3 Å². The number of rotatable bonds is 7. The molecule has 0 unspecified atom stereocenters. The van der Waals surface area contributed by atoms with Gasteiger partial charge < -0.3 is 9.47 Å². The molecule has 11 rings (SSSR count). The van der Waals surface area contributed by atoms with Crippen LogP contribution in [0.25, 0.3) is 83.0 Å². The predicted octanol–water partition coefficient (Wildman–Crippen LogP) is 12.8. The smallest absolute Gasteiger partial charge is 0.194 e. The van der Waals surface area contributed by atoms with E-state index < -0.39 is 0 Å². The Morgan fingerprint density at radius 1 is 0.393 bits per heavy atom. The molecule has 0 saturated carbocycles. The van der Waals surface area contributed by atoms with Crippen LogP contribution < -0.4 is 9.47 Å². The minimum Gasteiger partial charge on any atom is -0.497 e. The molecule has 6 heteroatoms. The molecule has 1 heterocycles. The molecule has 0 aliphatic heterocycles. The number of ketones is 2. The van der Waals surface area contributed by atoms with E-state index in [-0.39, 0.29) is 11.6 Å². The minimum atomic E-state index is -0.132. The Morgan fingerprint density at radius 3 is 1.43 bits per heavy atom. The van der Waals surface area contributed by atoms with Gasteiger partial charge in [0.2, 0.25) is 0 Å². The number of fused-ring (bicyclic) bond motifs is 8. The Morgan fingerprint density at radius 2 is 0.836 bits per heavy atom. The number of ether oxygens (including phenoxy) is 2. The zero-order valence-corrected chi connectivity index (χ0v) is 33.3. The summed E-state index contributed by atoms with van der Waals surface area (Å²) in [5, 5.41) is 4.36. The monoisotopic (exact) mass is 788 g/mol. The quantitative estimate of drug-likeness (QED) is 0.150. The second-order valence-corrected chi connectivity index (χ2v) is 15.3. The maximum absolute atomic E-state index is 13.6. The van der Waals surface area contributed by atoms with Crippen LogP contribution in [-0.2, 0) is 0 Å². The molecule has 1 aromatic heterocycles. The highest BCUT2D eigenvalue weighted by Crippen LogP contribution is 2.42. The number of carbonyl (C=O) groups excluding carboxylic acids is 2. The summed E-state index contributed by atoms with van der Waals surface area (Å²) in [6.07, 6.45) is 0. The van der Waals surface area contributed by atoms with Gasteiger partial charge in [-0.3, -0.25) is 14.2 Å². The number of benzene rings is 9. The van der Waals surface area contributed by atoms with Crippen molar-refractivity contribution in [3.63, 3.8) is 0 Å². The molecule has 0 N–H and O–H groups in total. The first-order chi connectivity index (χ1) is 30.0. The van der Waals surface area contributed by atoms with Crippen molar-refractivity contribution in [1.82, 2.24) is 9.55 Å². The average molecular weight is 789 g/mol. The molecule has 9 aromatic carbocycles. The van der Waals surface area contributed by atoms with E-state index in [1.54, 1.807) is 44.6 Å². The number of methoxy groups -OCH3 is 2. The van der Waals surface area contributed by atoms with Crippen LogP contribution in [0, 0.1) is 0 Å². The summed E-state index contributed by atoms with van der Waals surface area (Å²) in [6, 6.07) is 61.0. The van der Waals surface area contributed by atoms with Crippen LogP contribution in [0.3, 0.4) is 0 Å². The van der Waals surface area contributed by atoms with Crippen molar-refractivity contribution >= 4 is 44.1 Å². The molecule has 0 amide bonds. The lowest BCUT2D eigenvalue weighted by Gasteiger charge is -2.18. The summed E-state index contributed by atoms with van der Waals surface area (Å²) in [4.78, 5) is 32.4. The molecule has 61 heavy (non-hydrogen) atoms. The molecular weight excluding hydrogens is 753 g/mol. The molecule has 0 bridgehead atoms. The Hall–Kier alpha value is -8.09. The maximum Gasteiger partial charge on any atom is 0.194 e. The van der Waals surface area contributed by atoms with Gasteiger partial charge in [0, 0.05) is 44.3 Å². The summed E-state index contributed by atoms with van der Waals surface area (Å²) < 4.78 is 13.2. The number of carbonyl (C=O) groups is 2. The maximum atomic E-state index is 13.6. The molecule has 0 radical (unpaired) electrons. The number of para-hydroxylation sites is 1. The van der Waals surface area contributed by atoms with Gasteiger partial charge in [0.05, 0.1) is 25.3 Å². The van der Waals surface area contributed by atoms with Gasteiger partial charge in [0.1, 0.15) is 17.3 Å². The molecule has 0 fully saturated rings. The van der Waals surface area contributed by atoms with E-state index in [2.05, 4.69) is 114 Å². The molecule has 1 aliphatic rings. The van der Waals surface area contributed by atoms with Crippen molar-refractivity contribution < 1.29 is 19.1 Å². The summed E-state index contributed by atoms with van der Waals surface area (Å²) in [7, 11) is 3.37. The first kappa shape index (κ1) is 36.0. The third-order valence-corrected chi connectivity index (χ3v) is 12.0. The Labute approximate surface area is 351 Å². The first-order valence-electron chi connectivity index (χ1n) is 20.2. The van der Waals surface area contributed by atoms with Crippen molar-refractivity contribution in [2.75, 3.05) is 14.2 Å². The third-order valence-electron chi connectivity index (χ3n) is 12.0. The fraction of sp³-hybridized carbons (Fsp3) is 0.0364. The number of aromatic nitrogens is 2. The fourth-order valence-corrected chi connectivity index (χ4v) is 8.84. The largest absolute Gasteiger partial charge is 0.497 e. The van der Waals surface area contributed by atoms with E-state index in [0.717, 1.165) is 94.5 Å². The summed E-state index contributed by atoms with van der Waals surface area (Å²) in [5.41, 5.74) is 11.8. The summed E-state index contributed by atoms with van der Waals surface area (Å²) in [5.74, 6) is 2.18. The molecule has 0 atom stereocenters. The van der Waals surface area contributed by atoms with Crippen molar-refractivity contribution in [2.45, 2.75) is 0 Å². The standard InChI is InChI=1S/C55H36N2O4/c1-60-41-23-16-34(17-24-41)37-20-27-43-48(30-37)49-31-38(35-18-25-42(61-2)26-19-35)21-28-44(49)52-51(43)56-55(57(52)40-8-4-3-5-9-40)36-14-12-33(13-15-36)39-22-29-47-50(32-39)54(59)46-11-7-6-10-45(46)53(47)58/h3-32H,1-2H3. The highest BCUT2D eigenvalue weighted by molar-refractivity contribution is 6.29. The average Bonchev–Trinajstić information content (AvgIpc) is 3.74. The fourth-order valence-electron chi connectivity index (χ4n) is 8.84. The van der Waals surface area contributed by atoms with E-state index in [4.69, 9.17) is 14.5 Å². The van der Waals surface area contributed by atoms with Crippen LogP contribution >= 0.6 is 0 Å². The Kier molecular flexibility index (Phi) is 8.46. The number of hydrogen-bond donors (Lipinski definition) is 0. The van der Waals surface area contributed by atoms with Gasteiger partial charge in [-0.15, -0.1) is 0 Å². The first-order valence-corrected chi connectivity index (χ1v) is 20.2. The topological polar surface area (TPSA) is 70.4 Å². The lowest BCUT2D eigenvalue weighted by molar-refractivity contribution is 0.0979. The normalized spacial score (nSPS) is 12.2. The van der Waals surface area contributed by atoms with Crippen molar-refractivity contribution in [1.29, 1.82) is 0 Å². The van der Waals surface area contributed by atoms with Crippen LogP contribution in [0.5, 0.6) is 11.5 Å². The zero-order chi connectivity index (χ0) is 41.2. The van der Waals surface area contributed by atoms with Crippen molar-refractivity contribution in [2.24, 2.45) is 0 Å². The third kappa shape index (κ3) is 5.91. The van der Waals surface area contributed by atoms with Gasteiger partial charge in [0.15, 0.2) is 11.6 Å². The van der Waals surface area contributed by atoms with E-state index in [0.29, 0.717) is 22.3 Å². The van der Waals surface area contributed by atoms with Crippen LogP contribution in [0.15, 0.2) is 182 Å². The second kappa shape index (κ2) is 14.3. The van der Waals surface area contributed by atoms with Crippen LogP contribution in [0.2, 0.25) is 0 Å². The molecule has 0 spiro atoms. The number of nitrogens with zero attached hydrogens (tertiary/aromatic N) is 2. The molecule has 0 saturated heterocycles. The van der Waals surface area contributed by atoms with Gasteiger partial charge >= 0.3 is 0 Å². The summed E-state index contributed by atoms with van der Waals surface area (Å²) in [6.45, 7) is 0. The SMILES string of the molecule is COc1ccc(-c2ccc3c(c2)c2cc(-c4ccc(OC)cc4)ccc2c2c3nc(-c3ccc(-c4ccc5c(c4)C(=O)c4ccccc4C5=O)cc3)n2-c2ccccc2)cc1. The molecule has 290 valence electrons. The zero-order valence-electron chi connectivity index (χ0n) is 33.3. The predicted molar refractivity (Wildman–Crippen MR) is 244 cm³/mol. The number of imidazole rings is 1. The van der Waals surface area contributed by atoms with Crippen molar-refractivity contribution in [3.8, 4) is 62.0 Å². The van der Waals surface area contributed by atoms with Gasteiger partial charge in [0.25, 0.3) is 0 Å². The summed E-state index contributed by atoms with van der Waals surface area (Å²) >= 11 is 0. The Bertz CT molecular complexity index is 3390. The van der Waals surface area contributed by atoms with Crippen molar-refractivity contribution in [3.05, 3.63) is 204 Å². The second-order valence-electron chi connectivity index (χ2n) is 15.3. The van der Waals surface area contributed by atoms with Gasteiger partial charge in [-0.2, -0.15) is 0 Å². The molecular formula is C55H36N2O4. The van der Waals surface area contributed by atoms with E-state index >= 15 is 0 Å². The highest BCUT2D eigenvalue weighted by atomic mass is 16.5. The minimum absolute atomic E-state index is 0.124. The lowest BCUT2D eigenvalue weighted by Crippen LogP contribution is -2.20. The molecule has 1 aliphatic carbocycles. The van der Waals surface area contributed by atoms with Crippen LogP contribution in [0.1, 0.15) is 31.8 Å². The lowest BCUT2D eigenvalue weighted by atomic mass is 9.83. The van der Waals surface area contributed by atoms with Gasteiger partial charge in [-0.1, -0.05) is 121 Å². The van der Waals surface area contributed by atoms with E-state index in [1.807, 2.05) is 42.5 Å². The van der Waals surface area contributed by atoms with Gasteiger partial charge in [-0.05, 0) is 105 Å². The van der Waals surface area contributed by atoms with Crippen LogP contribution in [0.4, 0.5) is 0 Å². The van der Waals surface area contributed by atoms with E-state index in [1.165, 1.54) is 0 Å². The highest BCUT2D eigenvalue weighted by Gasteiger charge is 2.29. The molecule has 6 nitrogen and oxygen atoms in total. The van der Waals surface area contributed by atoms with E-state index in [9.17, 15) is 9.59 Å².